The van der Waals surface area contributed by atoms with E-state index in [0.717, 1.165) is 0 Å². The number of imidazole rings is 1. The van der Waals surface area contributed by atoms with Crippen molar-refractivity contribution in [2.45, 2.75) is 44.3 Å². The van der Waals surface area contributed by atoms with Gasteiger partial charge in [0.1, 0.15) is 18.0 Å². The number of halogens is 2. The van der Waals surface area contributed by atoms with Gasteiger partial charge in [0, 0.05) is 38.5 Å². The van der Waals surface area contributed by atoms with Crippen LogP contribution in [0.15, 0.2) is 30.3 Å². The van der Waals surface area contributed by atoms with Gasteiger partial charge in [-0.3, -0.25) is 14.2 Å². The van der Waals surface area contributed by atoms with Gasteiger partial charge in [0.05, 0.1) is 30.8 Å². The molecular formula is C26H29F2N7O4. The highest BCUT2D eigenvalue weighted by atomic mass is 19.3. The van der Waals surface area contributed by atoms with Gasteiger partial charge in [0.25, 0.3) is 6.43 Å². The standard InChI is InChI=1S/C26H29F2N7O4/c27-23(28)24-30-17-4-1-2-6-19(17)35(24)20-14-22(32-26(31-20)33-10-12-38-13-11-33)39-16-8-9-34(15-16)25(37)18-5-3-7-21(36)29-18/h1-2,4,6,14,16,18,23H,3,5,7-13,15H2,(H,29,36)/t16-,18+/m0/s1. The summed E-state index contributed by atoms with van der Waals surface area (Å²) in [5.74, 6) is 0.163. The first-order chi connectivity index (χ1) is 19.0. The van der Waals surface area contributed by atoms with Crippen LogP contribution in [0.2, 0.25) is 0 Å². The number of hydrogen-bond acceptors (Lipinski definition) is 8. The van der Waals surface area contributed by atoms with Gasteiger partial charge < -0.3 is 24.6 Å². The van der Waals surface area contributed by atoms with E-state index in [9.17, 15) is 18.4 Å². The van der Waals surface area contributed by atoms with Crippen molar-refractivity contribution in [2.75, 3.05) is 44.3 Å². The van der Waals surface area contributed by atoms with Crippen molar-refractivity contribution in [3.63, 3.8) is 0 Å². The Labute approximate surface area is 223 Å². The third-order valence-corrected chi connectivity index (χ3v) is 7.26. The topological polar surface area (TPSA) is 115 Å². The first-order valence-corrected chi connectivity index (χ1v) is 13.2. The van der Waals surface area contributed by atoms with Crippen LogP contribution < -0.4 is 15.0 Å². The predicted octanol–water partition coefficient (Wildman–Crippen LogP) is 2.24. The van der Waals surface area contributed by atoms with Gasteiger partial charge in [-0.15, -0.1) is 0 Å². The molecule has 3 aliphatic heterocycles. The zero-order chi connectivity index (χ0) is 26.9. The van der Waals surface area contributed by atoms with Crippen LogP contribution in [0, 0.1) is 0 Å². The van der Waals surface area contributed by atoms with Crippen molar-refractivity contribution >= 4 is 28.8 Å². The molecule has 2 amide bonds. The summed E-state index contributed by atoms with van der Waals surface area (Å²) in [6.07, 6.45) is -0.837. The van der Waals surface area contributed by atoms with E-state index >= 15 is 0 Å². The van der Waals surface area contributed by atoms with Crippen LogP contribution in [0.5, 0.6) is 5.88 Å². The first kappa shape index (κ1) is 25.4. The van der Waals surface area contributed by atoms with Crippen LogP contribution >= 0.6 is 0 Å². The molecule has 0 aliphatic carbocycles. The fraction of sp³-hybridized carbons (Fsp3) is 0.500. The summed E-state index contributed by atoms with van der Waals surface area (Å²) in [5, 5.41) is 2.78. The summed E-state index contributed by atoms with van der Waals surface area (Å²) in [4.78, 5) is 41.7. The molecule has 1 aromatic carbocycles. The van der Waals surface area contributed by atoms with E-state index in [2.05, 4.69) is 20.3 Å². The fourth-order valence-electron chi connectivity index (χ4n) is 5.32. The van der Waals surface area contributed by atoms with Gasteiger partial charge >= 0.3 is 0 Å². The van der Waals surface area contributed by atoms with Gasteiger partial charge in [-0.2, -0.15) is 9.97 Å². The summed E-state index contributed by atoms with van der Waals surface area (Å²) in [5.41, 5.74) is 0.930. The lowest BCUT2D eigenvalue weighted by atomic mass is 10.0. The summed E-state index contributed by atoms with van der Waals surface area (Å²) in [6.45, 7) is 2.93. The molecule has 13 heteroatoms. The van der Waals surface area contributed by atoms with Gasteiger partial charge in [0.2, 0.25) is 23.6 Å². The minimum atomic E-state index is -2.82. The smallest absolute Gasteiger partial charge is 0.296 e. The maximum Gasteiger partial charge on any atom is 0.296 e. The highest BCUT2D eigenvalue weighted by Gasteiger charge is 2.34. The number of nitrogens with zero attached hydrogens (tertiary/aromatic N) is 6. The maximum atomic E-state index is 14.1. The third-order valence-electron chi connectivity index (χ3n) is 7.26. The van der Waals surface area contributed by atoms with Crippen molar-refractivity contribution in [3.8, 4) is 11.7 Å². The molecule has 11 nitrogen and oxygen atoms in total. The highest BCUT2D eigenvalue weighted by Crippen LogP contribution is 2.30. The minimum Gasteiger partial charge on any atom is -0.472 e. The molecule has 3 aliphatic rings. The van der Waals surface area contributed by atoms with Crippen molar-refractivity contribution in [3.05, 3.63) is 36.2 Å². The number of hydrogen-bond donors (Lipinski definition) is 1. The average molecular weight is 542 g/mol. The van der Waals surface area contributed by atoms with Gasteiger partial charge in [-0.1, -0.05) is 12.1 Å². The molecule has 39 heavy (non-hydrogen) atoms. The van der Waals surface area contributed by atoms with Crippen LogP contribution in [0.3, 0.4) is 0 Å². The molecule has 1 N–H and O–H groups in total. The molecular weight excluding hydrogens is 512 g/mol. The zero-order valence-corrected chi connectivity index (χ0v) is 21.3. The predicted molar refractivity (Wildman–Crippen MR) is 136 cm³/mol. The van der Waals surface area contributed by atoms with E-state index < -0.39 is 18.3 Å². The second kappa shape index (κ2) is 10.7. The van der Waals surface area contributed by atoms with E-state index in [-0.39, 0.29) is 29.6 Å². The summed E-state index contributed by atoms with van der Waals surface area (Å²) < 4.78 is 41.2. The maximum absolute atomic E-state index is 14.1. The Morgan fingerprint density at radius 1 is 1.10 bits per heavy atom. The van der Waals surface area contributed by atoms with Crippen molar-refractivity contribution in [1.29, 1.82) is 0 Å². The number of piperidine rings is 1. The van der Waals surface area contributed by atoms with Crippen LogP contribution in [-0.2, 0) is 14.3 Å². The fourth-order valence-corrected chi connectivity index (χ4v) is 5.32. The van der Waals surface area contributed by atoms with Gasteiger partial charge in [0.15, 0.2) is 5.82 Å². The number of carbonyl (C=O) groups excluding carboxylic acids is 2. The van der Waals surface area contributed by atoms with Crippen LogP contribution in [-0.4, -0.2) is 87.8 Å². The van der Waals surface area contributed by atoms with E-state index in [0.29, 0.717) is 82.1 Å². The Kier molecular flexibility index (Phi) is 6.98. The molecule has 5 heterocycles. The van der Waals surface area contributed by atoms with Crippen LogP contribution in [0.4, 0.5) is 14.7 Å². The Morgan fingerprint density at radius 2 is 1.92 bits per heavy atom. The molecule has 0 radical (unpaired) electrons. The monoisotopic (exact) mass is 541 g/mol. The van der Waals surface area contributed by atoms with Crippen LogP contribution in [0.25, 0.3) is 16.9 Å². The molecule has 3 aromatic rings. The number of morpholine rings is 1. The SMILES string of the molecule is O=C1CCC[C@H](C(=O)N2CC[C@H](Oc3cc(-n4c(C(F)F)nc5ccccc54)nc(N4CCOCC4)n3)C2)N1. The minimum absolute atomic E-state index is 0.106. The zero-order valence-electron chi connectivity index (χ0n) is 21.3. The van der Waals surface area contributed by atoms with E-state index in [4.69, 9.17) is 9.47 Å². The number of alkyl halides is 2. The van der Waals surface area contributed by atoms with E-state index in [1.54, 1.807) is 29.2 Å². The van der Waals surface area contributed by atoms with E-state index in [1.165, 1.54) is 10.6 Å². The molecule has 0 spiro atoms. The molecule has 2 atom stereocenters. The molecule has 0 bridgehead atoms. The molecule has 206 valence electrons. The Balaban J connectivity index is 1.29. The summed E-state index contributed by atoms with van der Waals surface area (Å²) >= 11 is 0. The largest absolute Gasteiger partial charge is 0.472 e. The number of fused-ring (bicyclic) bond motifs is 1. The summed E-state index contributed by atoms with van der Waals surface area (Å²) in [7, 11) is 0. The van der Waals surface area contributed by atoms with Crippen molar-refractivity contribution in [2.24, 2.45) is 0 Å². The van der Waals surface area contributed by atoms with Crippen molar-refractivity contribution in [1.82, 2.24) is 29.7 Å². The lowest BCUT2D eigenvalue weighted by molar-refractivity contribution is -0.137. The second-order valence-electron chi connectivity index (χ2n) is 9.88. The quantitative estimate of drug-likeness (QED) is 0.506. The number of para-hydroxylation sites is 2. The molecule has 6 rings (SSSR count). The van der Waals surface area contributed by atoms with Crippen LogP contribution in [0.1, 0.15) is 37.9 Å². The number of amides is 2. The number of likely N-dealkylation sites (tertiary alicyclic amines) is 1. The number of anilines is 1. The first-order valence-electron chi connectivity index (χ1n) is 13.2. The number of rotatable bonds is 6. The molecule has 2 aromatic heterocycles. The number of carbonyl (C=O) groups is 2. The second-order valence-corrected chi connectivity index (χ2v) is 9.88. The normalized spacial score (nSPS) is 22.0. The summed E-state index contributed by atoms with van der Waals surface area (Å²) in [6, 6.07) is 7.93. The van der Waals surface area contributed by atoms with E-state index in [1.807, 2.05) is 4.90 Å². The number of benzene rings is 1. The highest BCUT2D eigenvalue weighted by molar-refractivity contribution is 5.88. The number of ether oxygens (including phenoxy) is 2. The molecule has 0 saturated carbocycles. The van der Waals surface area contributed by atoms with Crippen molar-refractivity contribution < 1.29 is 27.8 Å². The Morgan fingerprint density at radius 3 is 2.72 bits per heavy atom. The molecule has 3 saturated heterocycles. The average Bonchev–Trinajstić information content (AvgIpc) is 3.58. The van der Waals surface area contributed by atoms with Gasteiger partial charge in [-0.25, -0.2) is 13.8 Å². The number of nitrogens with one attached hydrogen (secondary N) is 1. The number of aromatic nitrogens is 4. The van der Waals surface area contributed by atoms with Gasteiger partial charge in [-0.05, 0) is 25.0 Å². The Bertz CT molecular complexity index is 1380. The molecule has 0 unspecified atom stereocenters. The molecule has 3 fully saturated rings. The lowest BCUT2D eigenvalue weighted by Crippen LogP contribution is -2.50. The Hall–Kier alpha value is -3.87. The lowest BCUT2D eigenvalue weighted by Gasteiger charge is -2.28. The third kappa shape index (κ3) is 5.22.